The van der Waals surface area contributed by atoms with Gasteiger partial charge in [-0.05, 0) is 57.0 Å². The summed E-state index contributed by atoms with van der Waals surface area (Å²) >= 11 is 3.44. The van der Waals surface area contributed by atoms with Crippen LogP contribution in [0, 0.1) is 0 Å². The molecule has 0 spiro atoms. The highest BCUT2D eigenvalue weighted by Crippen LogP contribution is 2.19. The second-order valence-corrected chi connectivity index (χ2v) is 5.28. The van der Waals surface area contributed by atoms with E-state index in [1.165, 1.54) is 16.8 Å². The van der Waals surface area contributed by atoms with Crippen molar-refractivity contribution in [1.82, 2.24) is 0 Å². The summed E-state index contributed by atoms with van der Waals surface area (Å²) in [6, 6.07) is 8.25. The molecular weight excluding hydrogens is 274 g/mol. The molecule has 0 radical (unpaired) electrons. The van der Waals surface area contributed by atoms with E-state index >= 15 is 0 Å². The van der Waals surface area contributed by atoms with Gasteiger partial charge in [-0.2, -0.15) is 0 Å². The van der Waals surface area contributed by atoms with Crippen molar-refractivity contribution in [2.24, 2.45) is 0 Å². The van der Waals surface area contributed by atoms with E-state index in [1.54, 1.807) is 0 Å². The van der Waals surface area contributed by atoms with Gasteiger partial charge in [0, 0.05) is 15.9 Å². The fraction of sp³-hybridized carbons (Fsp3) is 0.333. The molecule has 0 aliphatic carbocycles. The van der Waals surface area contributed by atoms with E-state index in [0.717, 1.165) is 16.6 Å². The predicted molar refractivity (Wildman–Crippen MR) is 80.2 cm³/mol. The van der Waals surface area contributed by atoms with Gasteiger partial charge in [-0.1, -0.05) is 34.5 Å². The van der Waals surface area contributed by atoms with Crippen molar-refractivity contribution < 1.29 is 0 Å². The summed E-state index contributed by atoms with van der Waals surface area (Å²) < 4.78 is 1.10. The fourth-order valence-corrected chi connectivity index (χ4v) is 1.96. The van der Waals surface area contributed by atoms with Gasteiger partial charge in [0.2, 0.25) is 0 Å². The van der Waals surface area contributed by atoms with Gasteiger partial charge in [0.1, 0.15) is 0 Å². The van der Waals surface area contributed by atoms with Gasteiger partial charge >= 0.3 is 0 Å². The third kappa shape index (κ3) is 4.78. The van der Waals surface area contributed by atoms with Gasteiger partial charge in [0.25, 0.3) is 0 Å². The number of hydrogen-bond donors (Lipinski definition) is 1. The highest BCUT2D eigenvalue weighted by Gasteiger charge is 1.99. The van der Waals surface area contributed by atoms with E-state index in [1.807, 2.05) is 12.1 Å². The maximum absolute atomic E-state index is 3.48. The summed E-state index contributed by atoms with van der Waals surface area (Å²) in [4.78, 5) is 0. The van der Waals surface area contributed by atoms with Crippen LogP contribution in [0.15, 0.2) is 51.7 Å². The second kappa shape index (κ2) is 6.65. The molecule has 17 heavy (non-hydrogen) atoms. The van der Waals surface area contributed by atoms with Crippen LogP contribution in [0.3, 0.4) is 0 Å². The van der Waals surface area contributed by atoms with Crippen LogP contribution in [-0.4, -0.2) is 0 Å². The van der Waals surface area contributed by atoms with Crippen LogP contribution in [-0.2, 0) is 0 Å². The lowest BCUT2D eigenvalue weighted by atomic mass is 10.1. The first-order valence-corrected chi connectivity index (χ1v) is 6.69. The molecule has 1 aromatic rings. The van der Waals surface area contributed by atoms with Crippen molar-refractivity contribution in [2.45, 2.75) is 34.1 Å². The maximum Gasteiger partial charge on any atom is 0.0382 e. The summed E-state index contributed by atoms with van der Waals surface area (Å²) in [5, 5.41) is 3.48. The molecule has 92 valence electrons. The SMILES string of the molecule is CC/C(Nc1ccc(Br)cc1)=C(/C)C=C(C)C. The van der Waals surface area contributed by atoms with Crippen LogP contribution in [0.2, 0.25) is 0 Å². The zero-order chi connectivity index (χ0) is 12.8. The summed E-state index contributed by atoms with van der Waals surface area (Å²) in [5.41, 5.74) is 5.03. The Balaban J connectivity index is 2.90. The van der Waals surface area contributed by atoms with E-state index in [0.29, 0.717) is 0 Å². The number of hydrogen-bond acceptors (Lipinski definition) is 1. The monoisotopic (exact) mass is 293 g/mol. The highest BCUT2D eigenvalue weighted by atomic mass is 79.9. The third-order valence-electron chi connectivity index (χ3n) is 2.47. The molecule has 1 nitrogen and oxygen atoms in total. The number of halogens is 1. The number of anilines is 1. The van der Waals surface area contributed by atoms with Gasteiger partial charge < -0.3 is 5.32 Å². The summed E-state index contributed by atoms with van der Waals surface area (Å²) in [7, 11) is 0. The Kier molecular flexibility index (Phi) is 5.49. The van der Waals surface area contributed by atoms with Crippen LogP contribution >= 0.6 is 15.9 Å². The molecule has 0 bridgehead atoms. The molecule has 1 aromatic carbocycles. The Morgan fingerprint density at radius 2 is 1.76 bits per heavy atom. The van der Waals surface area contributed by atoms with E-state index in [2.05, 4.69) is 67.2 Å². The lowest BCUT2D eigenvalue weighted by Gasteiger charge is -2.12. The van der Waals surface area contributed by atoms with Gasteiger partial charge in [-0.15, -0.1) is 0 Å². The molecular formula is C15H20BrN. The Bertz CT molecular complexity index is 423. The van der Waals surface area contributed by atoms with Crippen LogP contribution in [0.5, 0.6) is 0 Å². The Hall–Kier alpha value is -1.02. The summed E-state index contributed by atoms with van der Waals surface area (Å²) in [5.74, 6) is 0. The molecule has 0 atom stereocenters. The van der Waals surface area contributed by atoms with Crippen LogP contribution in [0.1, 0.15) is 34.1 Å². The van der Waals surface area contributed by atoms with Crippen molar-refractivity contribution in [3.05, 3.63) is 51.7 Å². The molecule has 0 heterocycles. The Labute approximate surface area is 113 Å². The van der Waals surface area contributed by atoms with Crippen molar-refractivity contribution in [2.75, 3.05) is 5.32 Å². The third-order valence-corrected chi connectivity index (χ3v) is 3.00. The molecule has 0 unspecified atom stereocenters. The molecule has 0 aliphatic rings. The van der Waals surface area contributed by atoms with E-state index in [4.69, 9.17) is 0 Å². The lowest BCUT2D eigenvalue weighted by Crippen LogP contribution is -2.00. The predicted octanol–water partition coefficient (Wildman–Crippen LogP) is 5.51. The molecule has 0 amide bonds. The van der Waals surface area contributed by atoms with Crippen LogP contribution in [0.4, 0.5) is 5.69 Å². The largest absolute Gasteiger partial charge is 0.359 e. The molecule has 2 heteroatoms. The van der Waals surface area contributed by atoms with Gasteiger partial charge in [0.15, 0.2) is 0 Å². The van der Waals surface area contributed by atoms with E-state index in [-0.39, 0.29) is 0 Å². The minimum atomic E-state index is 1.01. The Morgan fingerprint density at radius 1 is 1.18 bits per heavy atom. The molecule has 0 fully saturated rings. The molecule has 1 N–H and O–H groups in total. The number of rotatable bonds is 4. The van der Waals surface area contributed by atoms with Crippen molar-refractivity contribution in [3.63, 3.8) is 0 Å². The van der Waals surface area contributed by atoms with Gasteiger partial charge in [0.05, 0.1) is 0 Å². The molecule has 1 rings (SSSR count). The van der Waals surface area contributed by atoms with Crippen molar-refractivity contribution in [3.8, 4) is 0 Å². The average molecular weight is 294 g/mol. The normalized spacial score (nSPS) is 11.8. The van der Waals surface area contributed by atoms with Crippen molar-refractivity contribution >= 4 is 21.6 Å². The summed E-state index contributed by atoms with van der Waals surface area (Å²) in [6.45, 7) is 8.56. The Morgan fingerprint density at radius 3 is 2.24 bits per heavy atom. The average Bonchev–Trinajstić information content (AvgIpc) is 2.27. The maximum atomic E-state index is 3.48. The number of benzene rings is 1. The fourth-order valence-electron chi connectivity index (χ4n) is 1.69. The molecule has 0 aliphatic heterocycles. The first kappa shape index (κ1) is 14.0. The first-order chi connectivity index (χ1) is 8.02. The zero-order valence-electron chi connectivity index (χ0n) is 11.0. The lowest BCUT2D eigenvalue weighted by molar-refractivity contribution is 1.07. The highest BCUT2D eigenvalue weighted by molar-refractivity contribution is 9.10. The summed E-state index contributed by atoms with van der Waals surface area (Å²) in [6.07, 6.45) is 3.22. The smallest absolute Gasteiger partial charge is 0.0382 e. The van der Waals surface area contributed by atoms with Gasteiger partial charge in [-0.3, -0.25) is 0 Å². The number of allylic oxidation sites excluding steroid dienone is 4. The minimum Gasteiger partial charge on any atom is -0.359 e. The van der Waals surface area contributed by atoms with Crippen LogP contribution in [0.25, 0.3) is 0 Å². The van der Waals surface area contributed by atoms with Crippen LogP contribution < -0.4 is 5.32 Å². The number of nitrogens with one attached hydrogen (secondary N) is 1. The van der Waals surface area contributed by atoms with Gasteiger partial charge in [-0.25, -0.2) is 0 Å². The zero-order valence-corrected chi connectivity index (χ0v) is 12.6. The molecule has 0 saturated carbocycles. The molecule has 0 saturated heterocycles. The minimum absolute atomic E-state index is 1.01. The quantitative estimate of drug-likeness (QED) is 0.722. The first-order valence-electron chi connectivity index (χ1n) is 5.90. The molecule has 0 aromatic heterocycles. The van der Waals surface area contributed by atoms with E-state index in [9.17, 15) is 0 Å². The topological polar surface area (TPSA) is 12.0 Å². The standard InChI is InChI=1S/C15H20BrN/c1-5-15(12(4)10-11(2)3)17-14-8-6-13(16)7-9-14/h6-10,17H,5H2,1-4H3/b15-12+. The van der Waals surface area contributed by atoms with Crippen molar-refractivity contribution in [1.29, 1.82) is 0 Å². The van der Waals surface area contributed by atoms with E-state index < -0.39 is 0 Å². The second-order valence-electron chi connectivity index (χ2n) is 4.37.